The van der Waals surface area contributed by atoms with Crippen LogP contribution in [0.4, 0.5) is 0 Å². The first-order valence-corrected chi connectivity index (χ1v) is 8.00. The lowest BCUT2D eigenvalue weighted by molar-refractivity contribution is -0.120. The molecule has 1 unspecified atom stereocenters. The zero-order valence-electron chi connectivity index (χ0n) is 11.0. The molecule has 20 heavy (non-hydrogen) atoms. The molecule has 5 nitrogen and oxygen atoms in total. The average molecular weight is 309 g/mol. The molecule has 0 fully saturated rings. The van der Waals surface area contributed by atoms with Crippen LogP contribution < -0.4 is 5.32 Å². The Hall–Kier alpha value is -1.60. The molecule has 0 saturated carbocycles. The quantitative estimate of drug-likeness (QED) is 0.797. The van der Waals surface area contributed by atoms with Gasteiger partial charge in [-0.1, -0.05) is 17.3 Å². The molecule has 0 aromatic carbocycles. The van der Waals surface area contributed by atoms with E-state index in [2.05, 4.69) is 22.0 Å². The van der Waals surface area contributed by atoms with E-state index < -0.39 is 0 Å². The van der Waals surface area contributed by atoms with Gasteiger partial charge in [-0.25, -0.2) is 0 Å². The van der Waals surface area contributed by atoms with Crippen LogP contribution in [-0.4, -0.2) is 27.8 Å². The van der Waals surface area contributed by atoms with Crippen LogP contribution in [-0.2, 0) is 10.5 Å². The number of rotatable bonds is 7. The van der Waals surface area contributed by atoms with Gasteiger partial charge >= 0.3 is 0 Å². The van der Waals surface area contributed by atoms with E-state index in [1.165, 1.54) is 11.8 Å². The maximum Gasteiger partial charge on any atom is 0.237 e. The molecule has 0 aliphatic carbocycles. The molecular weight excluding hydrogens is 294 g/mol. The largest absolute Gasteiger partial charge is 0.352 e. The minimum absolute atomic E-state index is 0.0205. The number of carbonyl (C=O) groups is 1. The zero-order chi connectivity index (χ0) is 14.4. The Morgan fingerprint density at radius 3 is 3.25 bits per heavy atom. The summed E-state index contributed by atoms with van der Waals surface area (Å²) in [5, 5.41) is 8.47. The Kier molecular flexibility index (Phi) is 5.37. The summed E-state index contributed by atoms with van der Waals surface area (Å²) < 4.78 is 5.18. The zero-order valence-corrected chi connectivity index (χ0v) is 12.7. The van der Waals surface area contributed by atoms with Crippen LogP contribution in [0.2, 0.25) is 0 Å². The van der Waals surface area contributed by atoms with E-state index in [1.54, 1.807) is 17.4 Å². The fourth-order valence-corrected chi connectivity index (χ4v) is 2.80. The highest BCUT2D eigenvalue weighted by atomic mass is 32.2. The van der Waals surface area contributed by atoms with E-state index in [0.717, 1.165) is 4.88 Å². The smallest absolute Gasteiger partial charge is 0.237 e. The van der Waals surface area contributed by atoms with Crippen molar-refractivity contribution in [2.45, 2.75) is 17.9 Å². The summed E-state index contributed by atoms with van der Waals surface area (Å²) in [7, 11) is 0. The third kappa shape index (κ3) is 3.94. The predicted octanol–water partition coefficient (Wildman–Crippen LogP) is 2.72. The van der Waals surface area contributed by atoms with Gasteiger partial charge in [0, 0.05) is 6.54 Å². The maximum absolute atomic E-state index is 11.7. The highest BCUT2D eigenvalue weighted by Gasteiger charge is 2.15. The van der Waals surface area contributed by atoms with Crippen molar-refractivity contribution in [3.63, 3.8) is 0 Å². The standard InChI is InChI=1S/C13H15N3O2S2/c1-3-6-14-13(17)9(2)20-8-11-15-12(16-18-11)10-5-4-7-19-10/h3-5,7,9H,1,6,8H2,2H3,(H,14,17). The van der Waals surface area contributed by atoms with Gasteiger partial charge in [0.05, 0.1) is 15.9 Å². The van der Waals surface area contributed by atoms with Gasteiger partial charge in [0.25, 0.3) is 0 Å². The molecule has 2 heterocycles. The second-order valence-electron chi connectivity index (χ2n) is 3.98. The molecule has 0 spiro atoms. The van der Waals surface area contributed by atoms with Crippen molar-refractivity contribution < 1.29 is 9.32 Å². The molecule has 7 heteroatoms. The van der Waals surface area contributed by atoms with Crippen LogP contribution in [0.5, 0.6) is 0 Å². The lowest BCUT2D eigenvalue weighted by atomic mass is 10.4. The highest BCUT2D eigenvalue weighted by molar-refractivity contribution is 7.99. The van der Waals surface area contributed by atoms with Gasteiger partial charge in [-0.15, -0.1) is 29.7 Å². The summed E-state index contributed by atoms with van der Waals surface area (Å²) in [5.41, 5.74) is 0. The Bertz CT molecular complexity index is 566. The summed E-state index contributed by atoms with van der Waals surface area (Å²) in [6, 6.07) is 3.88. The molecule has 0 radical (unpaired) electrons. The Labute approximate surface area is 125 Å². The number of aromatic nitrogens is 2. The van der Waals surface area contributed by atoms with Crippen LogP contribution in [0.25, 0.3) is 10.7 Å². The predicted molar refractivity (Wildman–Crippen MR) is 81.6 cm³/mol. The third-order valence-corrected chi connectivity index (χ3v) is 4.45. The molecular formula is C13H15N3O2S2. The lowest BCUT2D eigenvalue weighted by Crippen LogP contribution is -2.30. The normalized spacial score (nSPS) is 12.1. The van der Waals surface area contributed by atoms with Crippen LogP contribution >= 0.6 is 23.1 Å². The van der Waals surface area contributed by atoms with Crippen LogP contribution in [0.3, 0.4) is 0 Å². The first kappa shape index (κ1) is 14.8. The van der Waals surface area contributed by atoms with Gasteiger partial charge < -0.3 is 9.84 Å². The van der Waals surface area contributed by atoms with E-state index in [1.807, 2.05) is 24.4 Å². The monoisotopic (exact) mass is 309 g/mol. The summed E-state index contributed by atoms with van der Waals surface area (Å²) in [5.74, 6) is 1.62. The minimum atomic E-state index is -0.174. The second-order valence-corrected chi connectivity index (χ2v) is 6.25. The maximum atomic E-state index is 11.7. The van der Waals surface area contributed by atoms with Gasteiger partial charge in [0.15, 0.2) is 0 Å². The van der Waals surface area contributed by atoms with Gasteiger partial charge in [0.2, 0.25) is 17.6 Å². The number of hydrogen-bond donors (Lipinski definition) is 1. The lowest BCUT2D eigenvalue weighted by Gasteiger charge is -2.08. The summed E-state index contributed by atoms with van der Waals surface area (Å²) >= 11 is 3.02. The number of amides is 1. The SMILES string of the molecule is C=CCNC(=O)C(C)SCc1nc(-c2cccs2)no1. The van der Waals surface area contributed by atoms with Crippen molar-refractivity contribution >= 4 is 29.0 Å². The minimum Gasteiger partial charge on any atom is -0.352 e. The third-order valence-electron chi connectivity index (χ3n) is 2.46. The van der Waals surface area contributed by atoms with E-state index in [-0.39, 0.29) is 11.2 Å². The van der Waals surface area contributed by atoms with Crippen molar-refractivity contribution in [1.82, 2.24) is 15.5 Å². The first-order chi connectivity index (χ1) is 9.70. The molecule has 0 aliphatic rings. The van der Waals surface area contributed by atoms with Crippen molar-refractivity contribution in [3.05, 3.63) is 36.1 Å². The highest BCUT2D eigenvalue weighted by Crippen LogP contribution is 2.23. The number of nitrogens with zero attached hydrogens (tertiary/aromatic N) is 2. The molecule has 0 aliphatic heterocycles. The Morgan fingerprint density at radius 1 is 1.70 bits per heavy atom. The van der Waals surface area contributed by atoms with Crippen molar-refractivity contribution in [2.75, 3.05) is 6.54 Å². The van der Waals surface area contributed by atoms with E-state index in [0.29, 0.717) is 24.0 Å². The van der Waals surface area contributed by atoms with Crippen molar-refractivity contribution in [2.24, 2.45) is 0 Å². The molecule has 2 rings (SSSR count). The van der Waals surface area contributed by atoms with E-state index in [4.69, 9.17) is 4.52 Å². The average Bonchev–Trinajstić information content (AvgIpc) is 3.12. The van der Waals surface area contributed by atoms with Gasteiger partial charge in [-0.05, 0) is 18.4 Å². The number of thiophene rings is 1. The molecule has 2 aromatic heterocycles. The van der Waals surface area contributed by atoms with Gasteiger partial charge in [-0.3, -0.25) is 4.79 Å². The molecule has 2 aromatic rings. The van der Waals surface area contributed by atoms with Gasteiger partial charge in [-0.2, -0.15) is 4.98 Å². The van der Waals surface area contributed by atoms with E-state index >= 15 is 0 Å². The first-order valence-electron chi connectivity index (χ1n) is 6.07. The van der Waals surface area contributed by atoms with E-state index in [9.17, 15) is 4.79 Å². The summed E-state index contributed by atoms with van der Waals surface area (Å²) in [4.78, 5) is 17.0. The molecule has 0 saturated heterocycles. The fourth-order valence-electron chi connectivity index (χ4n) is 1.41. The number of hydrogen-bond acceptors (Lipinski definition) is 6. The molecule has 1 N–H and O–H groups in total. The Morgan fingerprint density at radius 2 is 2.55 bits per heavy atom. The molecule has 1 amide bonds. The van der Waals surface area contributed by atoms with Crippen LogP contribution in [0.15, 0.2) is 34.7 Å². The number of thioether (sulfide) groups is 1. The fraction of sp³-hybridized carbons (Fsp3) is 0.308. The van der Waals surface area contributed by atoms with Crippen LogP contribution in [0.1, 0.15) is 12.8 Å². The number of nitrogens with one attached hydrogen (secondary N) is 1. The molecule has 106 valence electrons. The summed E-state index contributed by atoms with van der Waals surface area (Å²) in [6.07, 6.45) is 1.65. The molecule has 1 atom stereocenters. The summed E-state index contributed by atoms with van der Waals surface area (Å²) in [6.45, 7) is 5.88. The van der Waals surface area contributed by atoms with Crippen molar-refractivity contribution in [3.8, 4) is 10.7 Å². The Balaban J connectivity index is 1.85. The molecule has 0 bridgehead atoms. The number of carbonyl (C=O) groups excluding carboxylic acids is 1. The van der Waals surface area contributed by atoms with Crippen molar-refractivity contribution in [1.29, 1.82) is 0 Å². The van der Waals surface area contributed by atoms with Crippen LogP contribution in [0, 0.1) is 0 Å². The van der Waals surface area contributed by atoms with Gasteiger partial charge in [0.1, 0.15) is 0 Å². The topological polar surface area (TPSA) is 68.0 Å². The second kappa shape index (κ2) is 7.25.